The third-order valence-corrected chi connectivity index (χ3v) is 5.87. The van der Waals surface area contributed by atoms with Crippen molar-refractivity contribution < 1.29 is 4.43 Å². The number of hydrogen-bond acceptors (Lipinski definition) is 1. The second-order valence-electron chi connectivity index (χ2n) is 6.34. The maximum Gasteiger partial charge on any atom is 0.190 e. The SMILES string of the molecule is C=CC[Si](C)(C)OC(CCCC)CCCCCCC. The Morgan fingerprint density at radius 2 is 1.53 bits per heavy atom. The van der Waals surface area contributed by atoms with Gasteiger partial charge in [0.15, 0.2) is 8.32 Å². The molecule has 0 N–H and O–H groups in total. The molecular weight excluding hydrogens is 248 g/mol. The van der Waals surface area contributed by atoms with Crippen LogP contribution < -0.4 is 0 Å². The molecule has 0 fully saturated rings. The summed E-state index contributed by atoms with van der Waals surface area (Å²) < 4.78 is 6.45. The summed E-state index contributed by atoms with van der Waals surface area (Å²) >= 11 is 0. The molecule has 0 aromatic rings. The molecule has 0 aromatic heterocycles. The van der Waals surface area contributed by atoms with Gasteiger partial charge in [-0.1, -0.05) is 64.9 Å². The van der Waals surface area contributed by atoms with Gasteiger partial charge in [0, 0.05) is 6.10 Å². The van der Waals surface area contributed by atoms with E-state index in [4.69, 9.17) is 4.43 Å². The first-order valence-corrected chi connectivity index (χ1v) is 11.5. The quantitative estimate of drug-likeness (QED) is 0.219. The molecule has 0 spiro atoms. The molecule has 0 saturated carbocycles. The molecule has 0 amide bonds. The number of hydrogen-bond donors (Lipinski definition) is 0. The Bertz CT molecular complexity index is 213. The van der Waals surface area contributed by atoms with Gasteiger partial charge in [0.05, 0.1) is 0 Å². The van der Waals surface area contributed by atoms with Crippen LogP contribution in [0.1, 0.15) is 71.6 Å². The minimum absolute atomic E-state index is 0.503. The predicted molar refractivity (Wildman–Crippen MR) is 90.3 cm³/mol. The van der Waals surface area contributed by atoms with Crippen LogP contribution >= 0.6 is 0 Å². The Hall–Kier alpha value is -0.0831. The molecule has 0 aromatic carbocycles. The van der Waals surface area contributed by atoms with Crippen LogP contribution in [-0.4, -0.2) is 14.4 Å². The standard InChI is InChI=1S/C17H36OSi/c1-6-9-11-12-13-15-17(14-10-7-2)18-19(4,5)16-8-3/h8,17H,3,6-7,9-16H2,1-2,4-5H3. The van der Waals surface area contributed by atoms with Gasteiger partial charge >= 0.3 is 0 Å². The second kappa shape index (κ2) is 11.7. The Labute approximate surface area is 123 Å². The average molecular weight is 285 g/mol. The van der Waals surface area contributed by atoms with E-state index in [2.05, 4.69) is 33.5 Å². The van der Waals surface area contributed by atoms with E-state index in [-0.39, 0.29) is 0 Å². The van der Waals surface area contributed by atoms with Crippen molar-refractivity contribution in [3.8, 4) is 0 Å². The van der Waals surface area contributed by atoms with Crippen molar-refractivity contribution in [3.05, 3.63) is 12.7 Å². The van der Waals surface area contributed by atoms with E-state index in [0.717, 1.165) is 6.04 Å². The lowest BCUT2D eigenvalue weighted by atomic mass is 10.0. The van der Waals surface area contributed by atoms with Gasteiger partial charge in [-0.25, -0.2) is 0 Å². The van der Waals surface area contributed by atoms with Crippen molar-refractivity contribution in [3.63, 3.8) is 0 Å². The van der Waals surface area contributed by atoms with Gasteiger partial charge in [0.1, 0.15) is 0 Å². The molecule has 2 heteroatoms. The molecule has 0 aliphatic carbocycles. The molecule has 114 valence electrons. The molecule has 0 saturated heterocycles. The van der Waals surface area contributed by atoms with Crippen molar-refractivity contribution in [2.45, 2.75) is 96.9 Å². The topological polar surface area (TPSA) is 9.23 Å². The van der Waals surface area contributed by atoms with Gasteiger partial charge in [0.25, 0.3) is 0 Å². The fraction of sp³-hybridized carbons (Fsp3) is 0.882. The molecule has 0 aliphatic heterocycles. The highest BCUT2D eigenvalue weighted by Crippen LogP contribution is 2.21. The van der Waals surface area contributed by atoms with Crippen molar-refractivity contribution >= 4 is 8.32 Å². The molecule has 1 nitrogen and oxygen atoms in total. The molecular formula is C17H36OSi. The Balaban J connectivity index is 4.03. The summed E-state index contributed by atoms with van der Waals surface area (Å²) in [6, 6.07) is 1.07. The van der Waals surface area contributed by atoms with Crippen LogP contribution in [0.25, 0.3) is 0 Å². The Morgan fingerprint density at radius 1 is 0.947 bits per heavy atom. The zero-order chi connectivity index (χ0) is 14.6. The van der Waals surface area contributed by atoms with Crippen LogP contribution in [0.5, 0.6) is 0 Å². The molecule has 0 rings (SSSR count). The van der Waals surface area contributed by atoms with E-state index >= 15 is 0 Å². The summed E-state index contributed by atoms with van der Waals surface area (Å²) in [7, 11) is -1.51. The van der Waals surface area contributed by atoms with Gasteiger partial charge in [-0.15, -0.1) is 6.58 Å². The van der Waals surface area contributed by atoms with E-state index < -0.39 is 8.32 Å². The van der Waals surface area contributed by atoms with Crippen molar-refractivity contribution in [2.24, 2.45) is 0 Å². The maximum atomic E-state index is 6.45. The van der Waals surface area contributed by atoms with Crippen molar-refractivity contribution in [1.29, 1.82) is 0 Å². The first-order chi connectivity index (χ1) is 9.05. The summed E-state index contributed by atoms with van der Waals surface area (Å²) in [5.74, 6) is 0. The average Bonchev–Trinajstić information content (AvgIpc) is 2.35. The Morgan fingerprint density at radius 3 is 2.11 bits per heavy atom. The van der Waals surface area contributed by atoms with Crippen LogP contribution in [0.3, 0.4) is 0 Å². The summed E-state index contributed by atoms with van der Waals surface area (Å²) in [5, 5.41) is 0. The fourth-order valence-corrected chi connectivity index (χ4v) is 4.45. The number of unbranched alkanes of at least 4 members (excludes halogenated alkanes) is 5. The molecule has 0 bridgehead atoms. The highest BCUT2D eigenvalue weighted by atomic mass is 28.4. The summed E-state index contributed by atoms with van der Waals surface area (Å²) in [4.78, 5) is 0. The first-order valence-electron chi connectivity index (χ1n) is 8.34. The van der Waals surface area contributed by atoms with Gasteiger partial charge in [-0.2, -0.15) is 0 Å². The lowest BCUT2D eigenvalue weighted by Gasteiger charge is -2.29. The van der Waals surface area contributed by atoms with Crippen LogP contribution in [0.4, 0.5) is 0 Å². The normalized spacial score (nSPS) is 13.5. The zero-order valence-electron chi connectivity index (χ0n) is 13.8. The smallest absolute Gasteiger partial charge is 0.190 e. The van der Waals surface area contributed by atoms with Crippen LogP contribution in [0.15, 0.2) is 12.7 Å². The molecule has 1 atom stereocenters. The van der Waals surface area contributed by atoms with Crippen LogP contribution in [-0.2, 0) is 4.43 Å². The van der Waals surface area contributed by atoms with E-state index in [1.165, 1.54) is 57.8 Å². The Kier molecular flexibility index (Phi) is 11.7. The van der Waals surface area contributed by atoms with Crippen LogP contribution in [0, 0.1) is 0 Å². The zero-order valence-corrected chi connectivity index (χ0v) is 14.8. The van der Waals surface area contributed by atoms with Crippen molar-refractivity contribution in [2.75, 3.05) is 0 Å². The largest absolute Gasteiger partial charge is 0.414 e. The molecule has 1 unspecified atom stereocenters. The van der Waals surface area contributed by atoms with Gasteiger partial charge in [-0.3, -0.25) is 0 Å². The third kappa shape index (κ3) is 11.4. The van der Waals surface area contributed by atoms with Crippen LogP contribution in [0.2, 0.25) is 19.1 Å². The summed E-state index contributed by atoms with van der Waals surface area (Å²) in [5.41, 5.74) is 0. The second-order valence-corrected chi connectivity index (χ2v) is 10.5. The van der Waals surface area contributed by atoms with Gasteiger partial charge in [-0.05, 0) is 32.0 Å². The highest BCUT2D eigenvalue weighted by molar-refractivity contribution is 6.71. The first kappa shape index (κ1) is 18.9. The fourth-order valence-electron chi connectivity index (χ4n) is 2.52. The molecule has 0 heterocycles. The highest BCUT2D eigenvalue weighted by Gasteiger charge is 2.24. The molecule has 0 aliphatic rings. The summed E-state index contributed by atoms with van der Waals surface area (Å²) in [6.07, 6.45) is 14.5. The minimum atomic E-state index is -1.51. The van der Waals surface area contributed by atoms with E-state index in [1.807, 2.05) is 6.08 Å². The minimum Gasteiger partial charge on any atom is -0.414 e. The van der Waals surface area contributed by atoms with Gasteiger partial charge < -0.3 is 4.43 Å². The number of allylic oxidation sites excluding steroid dienone is 1. The lowest BCUT2D eigenvalue weighted by molar-refractivity contribution is 0.165. The molecule has 19 heavy (non-hydrogen) atoms. The predicted octanol–water partition coefficient (Wildman–Crippen LogP) is 6.31. The molecule has 0 radical (unpaired) electrons. The monoisotopic (exact) mass is 284 g/mol. The maximum absolute atomic E-state index is 6.45. The van der Waals surface area contributed by atoms with E-state index in [0.29, 0.717) is 6.10 Å². The van der Waals surface area contributed by atoms with Crippen molar-refractivity contribution in [1.82, 2.24) is 0 Å². The number of rotatable bonds is 13. The summed E-state index contributed by atoms with van der Waals surface area (Å²) in [6.45, 7) is 13.1. The third-order valence-electron chi connectivity index (χ3n) is 3.63. The van der Waals surface area contributed by atoms with Gasteiger partial charge in [0.2, 0.25) is 0 Å². The van der Waals surface area contributed by atoms with E-state index in [9.17, 15) is 0 Å². The van der Waals surface area contributed by atoms with E-state index in [1.54, 1.807) is 0 Å². The lowest BCUT2D eigenvalue weighted by Crippen LogP contribution is -2.35.